The number of halogens is 1. The summed E-state index contributed by atoms with van der Waals surface area (Å²) >= 11 is 0. The van der Waals surface area contributed by atoms with Gasteiger partial charge in [-0.25, -0.2) is 0 Å². The topological polar surface area (TPSA) is 64.6 Å². The summed E-state index contributed by atoms with van der Waals surface area (Å²) in [5, 5.41) is 3.48. The van der Waals surface area contributed by atoms with E-state index in [1.807, 2.05) is 49.5 Å². The SMILES string of the molecule is CN=C(NCCc1ccc(OC)c(OC)c1OC)N1CCC(Oc2ccccc2)CC1.I. The molecule has 0 saturated carbocycles. The van der Waals surface area contributed by atoms with Crippen molar-refractivity contribution in [3.63, 3.8) is 0 Å². The fourth-order valence-electron chi connectivity index (χ4n) is 3.88. The van der Waals surface area contributed by atoms with Crippen molar-refractivity contribution in [1.29, 1.82) is 0 Å². The summed E-state index contributed by atoms with van der Waals surface area (Å²) in [4.78, 5) is 6.76. The zero-order valence-electron chi connectivity index (χ0n) is 19.3. The molecule has 32 heavy (non-hydrogen) atoms. The molecule has 7 nitrogen and oxygen atoms in total. The van der Waals surface area contributed by atoms with Gasteiger partial charge in [-0.1, -0.05) is 24.3 Å². The van der Waals surface area contributed by atoms with Gasteiger partial charge in [-0.15, -0.1) is 24.0 Å². The molecule has 8 heteroatoms. The van der Waals surface area contributed by atoms with E-state index in [0.717, 1.165) is 56.2 Å². The lowest BCUT2D eigenvalue weighted by Gasteiger charge is -2.34. The summed E-state index contributed by atoms with van der Waals surface area (Å²) in [6.45, 7) is 2.56. The van der Waals surface area contributed by atoms with Crippen LogP contribution in [0.5, 0.6) is 23.0 Å². The van der Waals surface area contributed by atoms with Gasteiger partial charge in [0.25, 0.3) is 0 Å². The highest BCUT2D eigenvalue weighted by atomic mass is 127. The number of hydrogen-bond donors (Lipinski definition) is 1. The van der Waals surface area contributed by atoms with Crippen LogP contribution in [0.3, 0.4) is 0 Å². The van der Waals surface area contributed by atoms with Gasteiger partial charge in [0.15, 0.2) is 17.5 Å². The highest BCUT2D eigenvalue weighted by Gasteiger charge is 2.23. The van der Waals surface area contributed by atoms with E-state index in [-0.39, 0.29) is 30.1 Å². The zero-order chi connectivity index (χ0) is 22.1. The van der Waals surface area contributed by atoms with Crippen molar-refractivity contribution in [2.75, 3.05) is 48.0 Å². The van der Waals surface area contributed by atoms with Crippen LogP contribution in [0.25, 0.3) is 0 Å². The molecule has 176 valence electrons. The molecule has 2 aromatic rings. The van der Waals surface area contributed by atoms with Gasteiger partial charge in [-0.3, -0.25) is 4.99 Å². The number of ether oxygens (including phenoxy) is 4. The first-order chi connectivity index (χ1) is 15.2. The minimum atomic E-state index is 0. The molecule has 0 amide bonds. The van der Waals surface area contributed by atoms with E-state index in [1.54, 1.807) is 21.3 Å². The number of piperidine rings is 1. The lowest BCUT2D eigenvalue weighted by Crippen LogP contribution is -2.47. The summed E-state index contributed by atoms with van der Waals surface area (Å²) in [5.41, 5.74) is 1.05. The molecule has 0 radical (unpaired) electrons. The van der Waals surface area contributed by atoms with Gasteiger partial charge in [0.1, 0.15) is 11.9 Å². The molecule has 0 aliphatic carbocycles. The summed E-state index contributed by atoms with van der Waals surface area (Å²) in [5.74, 6) is 3.84. The Morgan fingerprint density at radius 3 is 2.25 bits per heavy atom. The van der Waals surface area contributed by atoms with E-state index in [2.05, 4.69) is 15.2 Å². The molecule has 0 unspecified atom stereocenters. The molecule has 0 aromatic heterocycles. The molecule has 0 atom stereocenters. The third-order valence-corrected chi connectivity index (χ3v) is 5.46. The second kappa shape index (κ2) is 13.2. The molecule has 1 aliphatic rings. The molecule has 1 fully saturated rings. The maximum Gasteiger partial charge on any atom is 0.203 e. The number of likely N-dealkylation sites (tertiary alicyclic amines) is 1. The van der Waals surface area contributed by atoms with Crippen LogP contribution in [-0.2, 0) is 6.42 Å². The van der Waals surface area contributed by atoms with Crippen LogP contribution in [0, 0.1) is 0 Å². The lowest BCUT2D eigenvalue weighted by atomic mass is 10.1. The maximum absolute atomic E-state index is 6.10. The Kier molecular flexibility index (Phi) is 10.7. The number of nitrogens with one attached hydrogen (secondary N) is 1. The van der Waals surface area contributed by atoms with Gasteiger partial charge >= 0.3 is 0 Å². The van der Waals surface area contributed by atoms with Crippen molar-refractivity contribution in [3.05, 3.63) is 48.0 Å². The molecular formula is C24H34IN3O4. The van der Waals surface area contributed by atoms with Crippen molar-refractivity contribution >= 4 is 29.9 Å². The molecule has 1 saturated heterocycles. The van der Waals surface area contributed by atoms with Gasteiger partial charge in [0.2, 0.25) is 5.75 Å². The Hall–Kier alpha value is -2.36. The zero-order valence-corrected chi connectivity index (χ0v) is 21.6. The maximum atomic E-state index is 6.10. The number of rotatable bonds is 8. The third kappa shape index (κ3) is 6.57. The summed E-state index contributed by atoms with van der Waals surface area (Å²) in [7, 11) is 6.71. The van der Waals surface area contributed by atoms with Crippen molar-refractivity contribution < 1.29 is 18.9 Å². The second-order valence-electron chi connectivity index (χ2n) is 7.33. The first-order valence-electron chi connectivity index (χ1n) is 10.6. The predicted molar refractivity (Wildman–Crippen MR) is 138 cm³/mol. The fourth-order valence-corrected chi connectivity index (χ4v) is 3.88. The average molecular weight is 555 g/mol. The number of aliphatic imine (C=N–C) groups is 1. The van der Waals surface area contributed by atoms with Gasteiger partial charge in [0, 0.05) is 45.1 Å². The Morgan fingerprint density at radius 1 is 0.969 bits per heavy atom. The van der Waals surface area contributed by atoms with Crippen LogP contribution in [0.1, 0.15) is 18.4 Å². The van der Waals surface area contributed by atoms with E-state index in [0.29, 0.717) is 17.2 Å². The summed E-state index contributed by atoms with van der Waals surface area (Å²) in [6, 6.07) is 13.9. The number of nitrogens with zero attached hydrogens (tertiary/aromatic N) is 2. The molecule has 1 N–H and O–H groups in total. The number of guanidine groups is 1. The number of methoxy groups -OCH3 is 3. The molecule has 1 heterocycles. The number of para-hydroxylation sites is 1. The van der Waals surface area contributed by atoms with Crippen molar-refractivity contribution in [1.82, 2.24) is 10.2 Å². The molecule has 0 spiro atoms. The van der Waals surface area contributed by atoms with Crippen LogP contribution < -0.4 is 24.3 Å². The van der Waals surface area contributed by atoms with E-state index in [9.17, 15) is 0 Å². The monoisotopic (exact) mass is 555 g/mol. The second-order valence-corrected chi connectivity index (χ2v) is 7.33. The number of benzene rings is 2. The highest BCUT2D eigenvalue weighted by molar-refractivity contribution is 14.0. The minimum absolute atomic E-state index is 0. The van der Waals surface area contributed by atoms with Crippen molar-refractivity contribution in [2.45, 2.75) is 25.4 Å². The number of hydrogen-bond acceptors (Lipinski definition) is 5. The Bertz CT molecular complexity index is 856. The first-order valence-corrected chi connectivity index (χ1v) is 10.6. The first kappa shape index (κ1) is 25.9. The standard InChI is InChI=1S/C24H33N3O4.HI/c1-25-24(27-16-13-20(14-17-27)31-19-8-6-5-7-9-19)26-15-12-18-10-11-21(28-2)23(30-4)22(18)29-3;/h5-11,20H,12-17H2,1-4H3,(H,25,26);1H. The lowest BCUT2D eigenvalue weighted by molar-refractivity contribution is 0.129. The Labute approximate surface area is 208 Å². The third-order valence-electron chi connectivity index (χ3n) is 5.46. The van der Waals surface area contributed by atoms with Crippen LogP contribution >= 0.6 is 24.0 Å². The van der Waals surface area contributed by atoms with Crippen molar-refractivity contribution in [3.8, 4) is 23.0 Å². The van der Waals surface area contributed by atoms with E-state index in [1.165, 1.54) is 0 Å². The van der Waals surface area contributed by atoms with Crippen LogP contribution in [0.2, 0.25) is 0 Å². The minimum Gasteiger partial charge on any atom is -0.493 e. The molecule has 0 bridgehead atoms. The fraction of sp³-hybridized carbons (Fsp3) is 0.458. The Balaban J connectivity index is 0.00000363. The Morgan fingerprint density at radius 2 is 1.66 bits per heavy atom. The molecular weight excluding hydrogens is 521 g/mol. The summed E-state index contributed by atoms with van der Waals surface area (Å²) in [6.07, 6.45) is 2.96. The smallest absolute Gasteiger partial charge is 0.203 e. The quantitative estimate of drug-likeness (QED) is 0.302. The van der Waals surface area contributed by atoms with Crippen molar-refractivity contribution in [2.24, 2.45) is 4.99 Å². The largest absolute Gasteiger partial charge is 0.493 e. The molecule has 2 aromatic carbocycles. The predicted octanol–water partition coefficient (Wildman–Crippen LogP) is 3.99. The van der Waals surface area contributed by atoms with Gasteiger partial charge in [-0.2, -0.15) is 0 Å². The highest BCUT2D eigenvalue weighted by Crippen LogP contribution is 2.39. The van der Waals surface area contributed by atoms with Crippen LogP contribution in [-0.4, -0.2) is 65.0 Å². The average Bonchev–Trinajstić information content (AvgIpc) is 2.82. The molecule has 3 rings (SSSR count). The van der Waals surface area contributed by atoms with E-state index < -0.39 is 0 Å². The molecule has 1 aliphatic heterocycles. The van der Waals surface area contributed by atoms with E-state index in [4.69, 9.17) is 18.9 Å². The van der Waals surface area contributed by atoms with Gasteiger partial charge in [0.05, 0.1) is 21.3 Å². The normalized spacial score (nSPS) is 14.4. The van der Waals surface area contributed by atoms with E-state index >= 15 is 0 Å². The van der Waals surface area contributed by atoms with Crippen LogP contribution in [0.15, 0.2) is 47.5 Å². The van der Waals surface area contributed by atoms with Crippen LogP contribution in [0.4, 0.5) is 0 Å². The van der Waals surface area contributed by atoms with Gasteiger partial charge < -0.3 is 29.2 Å². The summed E-state index contributed by atoms with van der Waals surface area (Å²) < 4.78 is 22.5. The van der Waals surface area contributed by atoms with Gasteiger partial charge in [-0.05, 0) is 24.6 Å².